The van der Waals surface area contributed by atoms with Crippen molar-refractivity contribution in [3.05, 3.63) is 0 Å². The largest absolute Gasteiger partial charge is 0.481 e. The van der Waals surface area contributed by atoms with Crippen LogP contribution in [0, 0.1) is 40.4 Å². The lowest BCUT2D eigenvalue weighted by molar-refractivity contribution is -0.175. The molecule has 8 atom stereocenters. The van der Waals surface area contributed by atoms with Gasteiger partial charge in [-0.25, -0.2) is 0 Å². The highest BCUT2D eigenvalue weighted by molar-refractivity contribution is 5.97. The number of amides is 1. The molecule has 4 aliphatic rings. The van der Waals surface area contributed by atoms with E-state index in [-0.39, 0.29) is 17.4 Å². The molecule has 1 aliphatic heterocycles. The number of fused-ring (bicyclic) bond motifs is 5. The van der Waals surface area contributed by atoms with E-state index in [4.69, 9.17) is 0 Å². The topological polar surface area (TPSA) is 57.6 Å². The first-order valence-corrected chi connectivity index (χ1v) is 10.2. The Labute approximate surface area is 151 Å². The number of nitrogens with zero attached hydrogens (tertiary/aromatic N) is 1. The number of hydrogen-bond acceptors (Lipinski definition) is 2. The van der Waals surface area contributed by atoms with Gasteiger partial charge in [-0.05, 0) is 79.4 Å². The van der Waals surface area contributed by atoms with Gasteiger partial charge in [0.15, 0.2) is 0 Å². The lowest BCUT2D eigenvalue weighted by Gasteiger charge is -2.62. The molecule has 0 aromatic heterocycles. The molecule has 1 amide bonds. The van der Waals surface area contributed by atoms with Crippen LogP contribution < -0.4 is 0 Å². The van der Waals surface area contributed by atoms with Crippen molar-refractivity contribution in [2.45, 2.75) is 71.8 Å². The molecule has 1 saturated heterocycles. The van der Waals surface area contributed by atoms with Crippen molar-refractivity contribution in [3.63, 3.8) is 0 Å². The second-order valence-corrected chi connectivity index (χ2v) is 10.0. The predicted octanol–water partition coefficient (Wildman–Crippen LogP) is 3.80. The van der Waals surface area contributed by atoms with Gasteiger partial charge >= 0.3 is 5.97 Å². The zero-order valence-electron chi connectivity index (χ0n) is 16.1. The summed E-state index contributed by atoms with van der Waals surface area (Å²) >= 11 is 0. The molecule has 1 N–H and O–H groups in total. The van der Waals surface area contributed by atoms with Gasteiger partial charge in [0.05, 0.1) is 0 Å². The van der Waals surface area contributed by atoms with Crippen molar-refractivity contribution in [1.29, 1.82) is 0 Å². The SMILES string of the molecule is CC1CC[C@H]2[C@@H]3CCC4N(C)C(=O)C(C(=O)O)C[C@]4(C)[C@@H]3CC[C@]12C. The summed E-state index contributed by atoms with van der Waals surface area (Å²) < 4.78 is 0. The summed E-state index contributed by atoms with van der Waals surface area (Å²) in [5.74, 6) is 0.947. The van der Waals surface area contributed by atoms with E-state index >= 15 is 0 Å². The van der Waals surface area contributed by atoms with Crippen molar-refractivity contribution < 1.29 is 14.7 Å². The smallest absolute Gasteiger partial charge is 0.316 e. The number of carboxylic acids is 1. The van der Waals surface area contributed by atoms with Crippen LogP contribution >= 0.6 is 0 Å². The molecule has 140 valence electrons. The van der Waals surface area contributed by atoms with Crippen LogP contribution in [0.2, 0.25) is 0 Å². The van der Waals surface area contributed by atoms with E-state index in [1.165, 1.54) is 32.1 Å². The Morgan fingerprint density at radius 3 is 2.44 bits per heavy atom. The normalized spacial score (nSPS) is 52.3. The van der Waals surface area contributed by atoms with Crippen molar-refractivity contribution in [2.75, 3.05) is 7.05 Å². The monoisotopic (exact) mass is 347 g/mol. The van der Waals surface area contributed by atoms with Crippen LogP contribution in [-0.4, -0.2) is 35.0 Å². The maximum atomic E-state index is 12.5. The molecule has 3 unspecified atom stereocenters. The van der Waals surface area contributed by atoms with E-state index in [0.29, 0.717) is 17.8 Å². The number of carbonyl (C=O) groups is 2. The average molecular weight is 347 g/mol. The number of hydrogen-bond donors (Lipinski definition) is 1. The van der Waals surface area contributed by atoms with Gasteiger partial charge in [0, 0.05) is 13.1 Å². The van der Waals surface area contributed by atoms with E-state index in [9.17, 15) is 14.7 Å². The third kappa shape index (κ3) is 2.18. The molecule has 0 aromatic carbocycles. The standard InChI is InChI=1S/C21H33NO3/c1-12-5-7-15-13-6-8-17-21(3,16(13)9-10-20(12,15)2)11-14(19(24)25)18(23)22(17)4/h12-17H,5-11H2,1-4H3,(H,24,25)/t12?,13-,14?,15-,16+,17?,20+,21+/m0/s1. The third-order valence-electron chi connectivity index (χ3n) is 9.35. The number of carbonyl (C=O) groups excluding carboxylic acids is 1. The fraction of sp³-hybridized carbons (Fsp3) is 0.905. The lowest BCUT2D eigenvalue weighted by atomic mass is 9.46. The van der Waals surface area contributed by atoms with Crippen molar-refractivity contribution in [3.8, 4) is 0 Å². The summed E-state index contributed by atoms with van der Waals surface area (Å²) in [7, 11) is 1.84. The second kappa shape index (κ2) is 5.47. The Bertz CT molecular complexity index is 604. The van der Waals surface area contributed by atoms with E-state index in [2.05, 4.69) is 20.8 Å². The predicted molar refractivity (Wildman–Crippen MR) is 95.9 cm³/mol. The minimum Gasteiger partial charge on any atom is -0.481 e. The van der Waals surface area contributed by atoms with E-state index < -0.39 is 11.9 Å². The number of aliphatic carboxylic acids is 1. The highest BCUT2D eigenvalue weighted by Gasteiger charge is 2.62. The number of piperidine rings is 1. The number of carboxylic acid groups (broad SMARTS) is 1. The molecule has 4 rings (SSSR count). The van der Waals surface area contributed by atoms with E-state index in [1.807, 2.05) is 7.05 Å². The van der Waals surface area contributed by atoms with Crippen LogP contribution in [0.25, 0.3) is 0 Å². The summed E-state index contributed by atoms with van der Waals surface area (Å²) in [6.07, 6.45) is 7.98. The quantitative estimate of drug-likeness (QED) is 0.734. The van der Waals surface area contributed by atoms with Gasteiger partial charge in [0.25, 0.3) is 0 Å². The molecule has 4 heteroatoms. The highest BCUT2D eigenvalue weighted by atomic mass is 16.4. The first-order chi connectivity index (χ1) is 11.7. The minimum absolute atomic E-state index is 0.0399. The van der Waals surface area contributed by atoms with Gasteiger partial charge in [0.2, 0.25) is 5.91 Å². The molecule has 25 heavy (non-hydrogen) atoms. The first kappa shape index (κ1) is 17.4. The van der Waals surface area contributed by atoms with E-state index in [1.54, 1.807) is 4.90 Å². The average Bonchev–Trinajstić information content (AvgIpc) is 2.86. The Morgan fingerprint density at radius 1 is 1.08 bits per heavy atom. The lowest BCUT2D eigenvalue weighted by Crippen LogP contribution is -2.64. The van der Waals surface area contributed by atoms with Gasteiger partial charge in [-0.15, -0.1) is 0 Å². The summed E-state index contributed by atoms with van der Waals surface area (Å²) in [5, 5.41) is 9.61. The molecule has 0 spiro atoms. The maximum Gasteiger partial charge on any atom is 0.316 e. The highest BCUT2D eigenvalue weighted by Crippen LogP contribution is 2.66. The third-order valence-corrected chi connectivity index (χ3v) is 9.35. The molecule has 4 fully saturated rings. The minimum atomic E-state index is -0.936. The summed E-state index contributed by atoms with van der Waals surface area (Å²) in [5.41, 5.74) is 0.439. The molecule has 3 saturated carbocycles. The molecule has 4 nitrogen and oxygen atoms in total. The molecule has 0 aromatic rings. The second-order valence-electron chi connectivity index (χ2n) is 10.0. The Hall–Kier alpha value is -1.06. The Morgan fingerprint density at radius 2 is 1.76 bits per heavy atom. The van der Waals surface area contributed by atoms with Crippen LogP contribution in [0.1, 0.15) is 65.7 Å². The summed E-state index contributed by atoms with van der Waals surface area (Å²) in [4.78, 5) is 26.1. The Balaban J connectivity index is 1.68. The van der Waals surface area contributed by atoms with Crippen LogP contribution in [0.3, 0.4) is 0 Å². The van der Waals surface area contributed by atoms with Gasteiger partial charge in [-0.1, -0.05) is 20.8 Å². The molecular formula is C21H33NO3. The van der Waals surface area contributed by atoms with Gasteiger partial charge < -0.3 is 10.0 Å². The summed E-state index contributed by atoms with van der Waals surface area (Å²) in [6.45, 7) is 7.24. The first-order valence-electron chi connectivity index (χ1n) is 10.2. The fourth-order valence-corrected chi connectivity index (χ4v) is 7.74. The Kier molecular flexibility index (Phi) is 3.80. The fourth-order valence-electron chi connectivity index (χ4n) is 7.74. The summed E-state index contributed by atoms with van der Waals surface area (Å²) in [6, 6.07) is 0.222. The van der Waals surface area contributed by atoms with Crippen molar-refractivity contribution in [1.82, 2.24) is 4.90 Å². The van der Waals surface area contributed by atoms with Crippen LogP contribution in [-0.2, 0) is 9.59 Å². The van der Waals surface area contributed by atoms with Crippen LogP contribution in [0.4, 0.5) is 0 Å². The van der Waals surface area contributed by atoms with Crippen molar-refractivity contribution in [2.24, 2.45) is 40.4 Å². The van der Waals surface area contributed by atoms with Crippen LogP contribution in [0.5, 0.6) is 0 Å². The molecule has 1 heterocycles. The zero-order chi connectivity index (χ0) is 18.1. The van der Waals surface area contributed by atoms with Crippen LogP contribution in [0.15, 0.2) is 0 Å². The van der Waals surface area contributed by atoms with Gasteiger partial charge in [-0.2, -0.15) is 0 Å². The molecule has 0 radical (unpaired) electrons. The van der Waals surface area contributed by atoms with Gasteiger partial charge in [0.1, 0.15) is 5.92 Å². The van der Waals surface area contributed by atoms with Crippen molar-refractivity contribution >= 4 is 11.9 Å². The van der Waals surface area contributed by atoms with Gasteiger partial charge in [-0.3, -0.25) is 9.59 Å². The number of likely N-dealkylation sites (tertiary alicyclic amines) is 1. The molecular weight excluding hydrogens is 314 g/mol. The molecule has 0 bridgehead atoms. The zero-order valence-corrected chi connectivity index (χ0v) is 16.1. The van der Waals surface area contributed by atoms with E-state index in [0.717, 1.165) is 24.2 Å². The molecule has 3 aliphatic carbocycles. The number of rotatable bonds is 1. The maximum absolute atomic E-state index is 12.5.